The molecule has 1 aliphatic rings. The quantitative estimate of drug-likeness (QED) is 0.111. The maximum Gasteiger partial charge on any atom is 0.251 e. The van der Waals surface area contributed by atoms with Crippen LogP contribution in [0.1, 0.15) is 64.8 Å². The smallest absolute Gasteiger partial charge is 0.251 e. The molecule has 0 spiro atoms. The number of imidazole rings is 1. The van der Waals surface area contributed by atoms with E-state index in [1.165, 1.54) is 0 Å². The first-order chi connectivity index (χ1) is 24.2. The summed E-state index contributed by atoms with van der Waals surface area (Å²) in [5.41, 5.74) is 5.39. The third-order valence-electron chi connectivity index (χ3n) is 8.61. The highest BCUT2D eigenvalue weighted by Crippen LogP contribution is 2.34. The number of unbranched alkanes of at least 4 members (excludes halogenated alkanes) is 1. The van der Waals surface area contributed by atoms with E-state index in [0.29, 0.717) is 55.7 Å². The predicted molar refractivity (Wildman–Crippen MR) is 201 cm³/mol. The van der Waals surface area contributed by atoms with Crippen molar-refractivity contribution in [2.24, 2.45) is 5.92 Å². The largest absolute Gasteiger partial charge is 0.491 e. The van der Waals surface area contributed by atoms with Crippen LogP contribution < -0.4 is 15.0 Å². The van der Waals surface area contributed by atoms with Gasteiger partial charge in [0.2, 0.25) is 0 Å². The Hall–Kier alpha value is -4.41. The second-order valence-electron chi connectivity index (χ2n) is 13.1. The first-order valence-corrected chi connectivity index (χ1v) is 19.4. The monoisotopic (exact) mass is 698 g/mol. The highest BCUT2D eigenvalue weighted by molar-refractivity contribution is 7.90. The lowest BCUT2D eigenvalue weighted by molar-refractivity contribution is -0.112. The lowest BCUT2D eigenvalue weighted by Gasteiger charge is -2.27. The van der Waals surface area contributed by atoms with Gasteiger partial charge in [-0.3, -0.25) is 4.79 Å². The molecule has 0 radical (unpaired) electrons. The molecule has 0 atom stereocenters. The molecule has 1 amide bonds. The predicted octanol–water partition coefficient (Wildman–Crippen LogP) is 8.02. The maximum absolute atomic E-state index is 13.7. The number of amides is 1. The zero-order valence-electron chi connectivity index (χ0n) is 29.7. The van der Waals surface area contributed by atoms with E-state index in [2.05, 4.69) is 66.3 Å². The standard InChI is InChI=1S/C40H50N4O5S/c1-5-7-23-48-24-25-49-36-13-8-31(9-14-36)32-10-17-38-34(26-32)27-33(18-21-44(38)28-30(3)4)40(45)42-35-11-15-37(16-12-35)50(46,47)29-39-41-19-22-43(39)20-6-2/h8-17,19,22,26-27,30H,5-7,18,20-21,23-25,28-29H2,1-4H3,(H,42,45). The highest BCUT2D eigenvalue weighted by atomic mass is 32.2. The van der Waals surface area contributed by atoms with Gasteiger partial charge in [0.15, 0.2) is 9.84 Å². The number of hydrogen-bond acceptors (Lipinski definition) is 7. The molecule has 0 unspecified atom stereocenters. The van der Waals surface area contributed by atoms with Crippen LogP contribution in [0.15, 0.2) is 89.6 Å². The fourth-order valence-electron chi connectivity index (χ4n) is 6.03. The number of aryl methyl sites for hydroxylation is 1. The van der Waals surface area contributed by atoms with Crippen molar-refractivity contribution in [2.45, 2.75) is 70.6 Å². The topological polar surface area (TPSA) is 103 Å². The molecule has 0 fully saturated rings. The van der Waals surface area contributed by atoms with Crippen LogP contribution in [-0.4, -0.2) is 56.8 Å². The first-order valence-electron chi connectivity index (χ1n) is 17.7. The molecule has 4 aromatic rings. The molecule has 0 saturated carbocycles. The SMILES string of the molecule is CCCCOCCOc1ccc(-c2ccc3c(c2)C=C(C(=O)Nc2ccc(S(=O)(=O)Cc4nccn4CCC)cc2)CCN3CC(C)C)cc1. The lowest BCUT2D eigenvalue weighted by atomic mass is 10.00. The summed E-state index contributed by atoms with van der Waals surface area (Å²) in [6, 6.07) is 20.9. The van der Waals surface area contributed by atoms with E-state index < -0.39 is 9.84 Å². The summed E-state index contributed by atoms with van der Waals surface area (Å²) >= 11 is 0. The van der Waals surface area contributed by atoms with E-state index in [-0.39, 0.29) is 16.6 Å². The highest BCUT2D eigenvalue weighted by Gasteiger charge is 2.22. The van der Waals surface area contributed by atoms with Crippen LogP contribution in [0.5, 0.6) is 5.75 Å². The van der Waals surface area contributed by atoms with Crippen molar-refractivity contribution in [3.8, 4) is 16.9 Å². The Morgan fingerprint density at radius 3 is 2.42 bits per heavy atom. The van der Waals surface area contributed by atoms with Gasteiger partial charge in [-0.1, -0.05) is 52.3 Å². The molecule has 0 bridgehead atoms. The van der Waals surface area contributed by atoms with Crippen molar-refractivity contribution >= 4 is 33.2 Å². The minimum atomic E-state index is -3.61. The van der Waals surface area contributed by atoms with Crippen LogP contribution in [0.3, 0.4) is 0 Å². The van der Waals surface area contributed by atoms with Gasteiger partial charge in [-0.25, -0.2) is 13.4 Å². The van der Waals surface area contributed by atoms with E-state index in [9.17, 15) is 13.2 Å². The number of carbonyl (C=O) groups excluding carboxylic acids is 1. The second kappa shape index (κ2) is 17.5. The average Bonchev–Trinajstić information content (AvgIpc) is 3.44. The number of benzene rings is 3. The zero-order valence-corrected chi connectivity index (χ0v) is 30.5. The number of hydrogen-bond donors (Lipinski definition) is 1. The van der Waals surface area contributed by atoms with Gasteiger partial charge >= 0.3 is 0 Å². The van der Waals surface area contributed by atoms with E-state index in [0.717, 1.165) is 60.5 Å². The van der Waals surface area contributed by atoms with Gasteiger partial charge in [-0.05, 0) is 96.5 Å². The van der Waals surface area contributed by atoms with Gasteiger partial charge in [-0.15, -0.1) is 0 Å². The third kappa shape index (κ3) is 9.85. The molecule has 1 N–H and O–H groups in total. The maximum atomic E-state index is 13.7. The average molecular weight is 699 g/mol. The third-order valence-corrected chi connectivity index (χ3v) is 10.2. The van der Waals surface area contributed by atoms with E-state index in [1.807, 2.05) is 29.7 Å². The number of sulfone groups is 1. The summed E-state index contributed by atoms with van der Waals surface area (Å²) in [5.74, 6) is 1.38. The number of nitrogens with zero attached hydrogens (tertiary/aromatic N) is 3. The van der Waals surface area contributed by atoms with Gasteiger partial charge in [0.25, 0.3) is 5.91 Å². The van der Waals surface area contributed by atoms with Crippen LogP contribution in [0.4, 0.5) is 11.4 Å². The number of fused-ring (bicyclic) bond motifs is 1. The number of nitrogens with one attached hydrogen (secondary N) is 1. The van der Waals surface area contributed by atoms with Crippen LogP contribution in [0, 0.1) is 5.92 Å². The molecular formula is C40H50N4O5S. The van der Waals surface area contributed by atoms with Gasteiger partial charge in [0.05, 0.1) is 11.5 Å². The van der Waals surface area contributed by atoms with Gasteiger partial charge in [0.1, 0.15) is 23.9 Å². The minimum Gasteiger partial charge on any atom is -0.491 e. The number of anilines is 2. The lowest BCUT2D eigenvalue weighted by Crippen LogP contribution is -2.29. The fourth-order valence-corrected chi connectivity index (χ4v) is 7.33. The minimum absolute atomic E-state index is 0.181. The molecule has 1 aliphatic heterocycles. The zero-order chi connectivity index (χ0) is 35.5. The molecule has 10 heteroatoms. The van der Waals surface area contributed by atoms with Crippen molar-refractivity contribution in [3.63, 3.8) is 0 Å². The van der Waals surface area contributed by atoms with E-state index in [4.69, 9.17) is 9.47 Å². The molecule has 50 heavy (non-hydrogen) atoms. The molecule has 9 nitrogen and oxygen atoms in total. The first kappa shape index (κ1) is 36.9. The Kier molecular flexibility index (Phi) is 12.9. The molecule has 3 aromatic carbocycles. The fraction of sp³-hybridized carbons (Fsp3) is 0.400. The van der Waals surface area contributed by atoms with Crippen molar-refractivity contribution in [3.05, 3.63) is 96.1 Å². The number of aromatic nitrogens is 2. The molecule has 2 heterocycles. The van der Waals surface area contributed by atoms with Crippen molar-refractivity contribution < 1.29 is 22.7 Å². The van der Waals surface area contributed by atoms with Crippen LogP contribution >= 0.6 is 0 Å². The molecule has 1 aromatic heterocycles. The second-order valence-corrected chi connectivity index (χ2v) is 15.1. The Morgan fingerprint density at radius 1 is 0.940 bits per heavy atom. The van der Waals surface area contributed by atoms with Crippen molar-refractivity contribution in [1.82, 2.24) is 9.55 Å². The summed E-state index contributed by atoms with van der Waals surface area (Å²) in [5, 5.41) is 3.00. The van der Waals surface area contributed by atoms with E-state index in [1.54, 1.807) is 36.7 Å². The Morgan fingerprint density at radius 2 is 1.70 bits per heavy atom. The molecular weight excluding hydrogens is 649 g/mol. The number of ether oxygens (including phenoxy) is 2. The summed E-state index contributed by atoms with van der Waals surface area (Å²) in [6.07, 6.45) is 9.05. The summed E-state index contributed by atoms with van der Waals surface area (Å²) in [6.45, 7) is 12.7. The summed E-state index contributed by atoms with van der Waals surface area (Å²) < 4.78 is 39.7. The van der Waals surface area contributed by atoms with E-state index >= 15 is 0 Å². The van der Waals surface area contributed by atoms with Crippen LogP contribution in [0.2, 0.25) is 0 Å². The van der Waals surface area contributed by atoms with Crippen molar-refractivity contribution in [1.29, 1.82) is 0 Å². The number of carbonyl (C=O) groups is 1. The Balaban J connectivity index is 1.30. The number of rotatable bonds is 17. The summed E-state index contributed by atoms with van der Waals surface area (Å²) in [4.78, 5) is 20.5. The molecule has 266 valence electrons. The van der Waals surface area contributed by atoms with Crippen LogP contribution in [0.25, 0.3) is 17.2 Å². The molecule has 0 saturated heterocycles. The summed E-state index contributed by atoms with van der Waals surface area (Å²) in [7, 11) is -3.61. The van der Waals surface area contributed by atoms with Crippen molar-refractivity contribution in [2.75, 3.05) is 43.1 Å². The molecule has 5 rings (SSSR count). The van der Waals surface area contributed by atoms with Gasteiger partial charge in [0, 0.05) is 55.6 Å². The van der Waals surface area contributed by atoms with Gasteiger partial charge < -0.3 is 24.3 Å². The molecule has 0 aliphatic carbocycles. The van der Waals surface area contributed by atoms with Gasteiger partial charge in [-0.2, -0.15) is 0 Å². The normalized spacial score (nSPS) is 13.1. The Labute approximate surface area is 297 Å². The Bertz CT molecular complexity index is 1850. The van der Waals surface area contributed by atoms with Crippen LogP contribution in [-0.2, 0) is 31.7 Å².